The van der Waals surface area contributed by atoms with E-state index in [4.69, 9.17) is 4.52 Å². The molecule has 0 aliphatic carbocycles. The molecule has 0 unspecified atom stereocenters. The summed E-state index contributed by atoms with van der Waals surface area (Å²) >= 11 is 0. The summed E-state index contributed by atoms with van der Waals surface area (Å²) in [6.45, 7) is 3.27. The fraction of sp³-hybridized carbons (Fsp3) is 0.294. The third-order valence-corrected chi connectivity index (χ3v) is 4.16. The Hall–Kier alpha value is -2.80. The fourth-order valence-electron chi connectivity index (χ4n) is 2.96. The molecule has 1 aliphatic heterocycles. The summed E-state index contributed by atoms with van der Waals surface area (Å²) in [7, 11) is 0. The second-order valence-corrected chi connectivity index (χ2v) is 6.03. The Balaban J connectivity index is 1.41. The van der Waals surface area contributed by atoms with Crippen molar-refractivity contribution in [1.82, 2.24) is 24.8 Å². The first-order valence-corrected chi connectivity index (χ1v) is 7.88. The summed E-state index contributed by atoms with van der Waals surface area (Å²) in [6, 6.07) is 8.98. The predicted octanol–water partition coefficient (Wildman–Crippen LogP) is 1.43. The number of likely N-dealkylation sites (tertiary alicyclic amines) is 1. The highest BCUT2D eigenvalue weighted by Gasteiger charge is 2.28. The average Bonchev–Trinajstić information content (AvgIpc) is 3.08. The van der Waals surface area contributed by atoms with E-state index >= 15 is 0 Å². The molecule has 0 N–H and O–H groups in total. The summed E-state index contributed by atoms with van der Waals surface area (Å²) in [5.74, 6) is 0.422. The van der Waals surface area contributed by atoms with Crippen LogP contribution in [0.5, 0.6) is 0 Å². The van der Waals surface area contributed by atoms with Crippen LogP contribution in [0, 0.1) is 5.92 Å². The molecule has 0 aromatic carbocycles. The van der Waals surface area contributed by atoms with Gasteiger partial charge in [0.2, 0.25) is 0 Å². The number of nitrogens with zero attached hydrogens (tertiary/aromatic N) is 5. The minimum atomic E-state index is -0.0717. The molecule has 7 heteroatoms. The van der Waals surface area contributed by atoms with Crippen molar-refractivity contribution in [2.24, 2.45) is 5.92 Å². The average molecular weight is 323 g/mol. The summed E-state index contributed by atoms with van der Waals surface area (Å²) in [5.41, 5.74) is 2.54. The molecule has 7 nitrogen and oxygen atoms in total. The van der Waals surface area contributed by atoms with Gasteiger partial charge in [-0.15, -0.1) is 0 Å². The third kappa shape index (κ3) is 3.11. The van der Waals surface area contributed by atoms with Gasteiger partial charge in [0, 0.05) is 55.6 Å². The van der Waals surface area contributed by atoms with Crippen molar-refractivity contribution in [2.75, 3.05) is 13.1 Å². The minimum absolute atomic E-state index is 0.0717. The second-order valence-electron chi connectivity index (χ2n) is 6.03. The zero-order valence-corrected chi connectivity index (χ0v) is 13.1. The monoisotopic (exact) mass is 323 g/mol. The van der Waals surface area contributed by atoms with Crippen LogP contribution in [0.4, 0.5) is 0 Å². The Kier molecular flexibility index (Phi) is 3.92. The molecule has 3 aromatic heterocycles. The minimum Gasteiger partial charge on any atom is -0.364 e. The molecule has 1 aliphatic rings. The van der Waals surface area contributed by atoms with E-state index in [0.717, 1.165) is 36.6 Å². The Morgan fingerprint density at radius 1 is 1.21 bits per heavy atom. The van der Waals surface area contributed by atoms with Crippen LogP contribution in [0.2, 0.25) is 0 Å². The molecule has 0 amide bonds. The van der Waals surface area contributed by atoms with Gasteiger partial charge in [-0.3, -0.25) is 14.7 Å². The Bertz CT molecular complexity index is 854. The highest BCUT2D eigenvalue weighted by atomic mass is 16.5. The van der Waals surface area contributed by atoms with E-state index in [0.29, 0.717) is 12.5 Å². The van der Waals surface area contributed by atoms with Gasteiger partial charge < -0.3 is 4.52 Å². The van der Waals surface area contributed by atoms with Crippen LogP contribution in [0.25, 0.3) is 11.3 Å². The molecule has 0 bridgehead atoms. The fourth-order valence-corrected chi connectivity index (χ4v) is 2.96. The molecule has 0 atom stereocenters. The van der Waals surface area contributed by atoms with E-state index in [-0.39, 0.29) is 5.56 Å². The molecule has 0 saturated carbocycles. The van der Waals surface area contributed by atoms with Crippen molar-refractivity contribution in [3.63, 3.8) is 0 Å². The van der Waals surface area contributed by atoms with Crippen molar-refractivity contribution >= 4 is 0 Å². The highest BCUT2D eigenvalue weighted by molar-refractivity contribution is 5.56. The molecule has 122 valence electrons. The lowest BCUT2D eigenvalue weighted by atomic mass is 10.00. The largest absolute Gasteiger partial charge is 0.364 e. The Labute approximate surface area is 138 Å². The molecule has 3 aromatic rings. The van der Waals surface area contributed by atoms with Crippen LogP contribution in [0.15, 0.2) is 58.3 Å². The van der Waals surface area contributed by atoms with Gasteiger partial charge in [0.15, 0.2) is 0 Å². The molecular weight excluding hydrogens is 306 g/mol. The van der Waals surface area contributed by atoms with Gasteiger partial charge in [-0.2, -0.15) is 5.10 Å². The Morgan fingerprint density at radius 3 is 2.88 bits per heavy atom. The van der Waals surface area contributed by atoms with Crippen LogP contribution in [0.1, 0.15) is 5.69 Å². The van der Waals surface area contributed by atoms with Crippen LogP contribution >= 0.6 is 0 Å². The zero-order chi connectivity index (χ0) is 16.4. The van der Waals surface area contributed by atoms with Crippen LogP contribution in [-0.4, -0.2) is 37.9 Å². The quantitative estimate of drug-likeness (QED) is 0.707. The van der Waals surface area contributed by atoms with Gasteiger partial charge >= 0.3 is 0 Å². The molecule has 1 saturated heterocycles. The van der Waals surface area contributed by atoms with E-state index in [1.54, 1.807) is 35.5 Å². The van der Waals surface area contributed by atoms with Crippen molar-refractivity contribution in [2.45, 2.75) is 13.1 Å². The number of aromatic nitrogens is 4. The molecule has 4 rings (SSSR count). The van der Waals surface area contributed by atoms with Crippen molar-refractivity contribution in [1.29, 1.82) is 0 Å². The lowest BCUT2D eigenvalue weighted by Crippen LogP contribution is -2.48. The lowest BCUT2D eigenvalue weighted by Gasteiger charge is -2.38. The van der Waals surface area contributed by atoms with Crippen molar-refractivity contribution < 1.29 is 4.52 Å². The maximum absolute atomic E-state index is 12.1. The SMILES string of the molecule is O=c1ccc(-c2cccnc2)nn1CC1CN(Cc2ccon2)C1. The number of pyridine rings is 1. The van der Waals surface area contributed by atoms with Gasteiger partial charge in [-0.25, -0.2) is 4.68 Å². The maximum Gasteiger partial charge on any atom is 0.266 e. The molecule has 0 spiro atoms. The molecular formula is C17H17N5O2. The van der Waals surface area contributed by atoms with Gasteiger partial charge in [-0.05, 0) is 18.2 Å². The number of hydrogen-bond donors (Lipinski definition) is 0. The van der Waals surface area contributed by atoms with E-state index < -0.39 is 0 Å². The van der Waals surface area contributed by atoms with Crippen molar-refractivity contribution in [3.05, 3.63) is 65.0 Å². The van der Waals surface area contributed by atoms with E-state index in [1.165, 1.54) is 0 Å². The molecule has 24 heavy (non-hydrogen) atoms. The zero-order valence-electron chi connectivity index (χ0n) is 13.1. The van der Waals surface area contributed by atoms with Gasteiger partial charge in [0.25, 0.3) is 5.56 Å². The molecule has 0 radical (unpaired) electrons. The Morgan fingerprint density at radius 2 is 2.12 bits per heavy atom. The summed E-state index contributed by atoms with van der Waals surface area (Å²) in [6.07, 6.45) is 5.05. The molecule has 1 fully saturated rings. The van der Waals surface area contributed by atoms with E-state index in [1.807, 2.05) is 18.2 Å². The summed E-state index contributed by atoms with van der Waals surface area (Å²) in [4.78, 5) is 18.4. The van der Waals surface area contributed by atoms with Crippen LogP contribution in [-0.2, 0) is 13.1 Å². The van der Waals surface area contributed by atoms with E-state index in [9.17, 15) is 4.79 Å². The summed E-state index contributed by atoms with van der Waals surface area (Å²) in [5, 5.41) is 8.40. The smallest absolute Gasteiger partial charge is 0.266 e. The lowest BCUT2D eigenvalue weighted by molar-refractivity contribution is 0.0744. The first-order chi connectivity index (χ1) is 11.8. The predicted molar refractivity (Wildman–Crippen MR) is 87.0 cm³/mol. The number of rotatable bonds is 5. The summed E-state index contributed by atoms with van der Waals surface area (Å²) < 4.78 is 6.40. The van der Waals surface area contributed by atoms with Gasteiger partial charge in [0.1, 0.15) is 6.26 Å². The van der Waals surface area contributed by atoms with Crippen LogP contribution < -0.4 is 5.56 Å². The topological polar surface area (TPSA) is 77.0 Å². The van der Waals surface area contributed by atoms with Gasteiger partial charge in [0.05, 0.1) is 17.9 Å². The highest BCUT2D eigenvalue weighted by Crippen LogP contribution is 2.19. The van der Waals surface area contributed by atoms with Gasteiger partial charge in [-0.1, -0.05) is 5.16 Å². The number of hydrogen-bond acceptors (Lipinski definition) is 6. The maximum atomic E-state index is 12.1. The van der Waals surface area contributed by atoms with E-state index in [2.05, 4.69) is 20.1 Å². The third-order valence-electron chi connectivity index (χ3n) is 4.16. The first-order valence-electron chi connectivity index (χ1n) is 7.88. The first kappa shape index (κ1) is 14.8. The van der Waals surface area contributed by atoms with Crippen molar-refractivity contribution in [3.8, 4) is 11.3 Å². The normalized spacial score (nSPS) is 15.3. The van der Waals surface area contributed by atoms with Crippen LogP contribution in [0.3, 0.4) is 0 Å². The standard InChI is InChI=1S/C17H17N5O2/c23-17-4-3-16(14-2-1-6-18-8-14)19-22(17)11-13-9-21(10-13)12-15-5-7-24-20-15/h1-8,13H,9-12H2. The molecule has 4 heterocycles. The second kappa shape index (κ2) is 6.37.